The second-order valence-electron chi connectivity index (χ2n) is 4.71. The second kappa shape index (κ2) is 4.72. The third-order valence-electron chi connectivity index (χ3n) is 3.38. The van der Waals surface area contributed by atoms with Crippen LogP contribution in [0.3, 0.4) is 0 Å². The fourth-order valence-corrected chi connectivity index (χ4v) is 2.56. The van der Waals surface area contributed by atoms with E-state index in [0.29, 0.717) is 12.2 Å². The number of nitro groups is 1. The number of nitrogens with one attached hydrogen (secondary N) is 1. The molecule has 1 aromatic rings. The maximum atomic E-state index is 11.9. The van der Waals surface area contributed by atoms with Gasteiger partial charge in [0, 0.05) is 17.9 Å². The van der Waals surface area contributed by atoms with Crippen molar-refractivity contribution in [2.45, 2.75) is 12.8 Å². The first kappa shape index (κ1) is 13.1. The third kappa shape index (κ3) is 2.40. The molecule has 0 atom stereocenters. The molecule has 18 heavy (non-hydrogen) atoms. The summed E-state index contributed by atoms with van der Waals surface area (Å²) in [6.45, 7) is 0.607. The minimum Gasteiger partial charge on any atom is -0.358 e. The first-order chi connectivity index (χ1) is 8.49. The van der Waals surface area contributed by atoms with Gasteiger partial charge in [-0.05, 0) is 29.2 Å². The lowest BCUT2D eigenvalue weighted by Crippen LogP contribution is -2.32. The lowest BCUT2D eigenvalue weighted by Gasteiger charge is -2.11. The van der Waals surface area contributed by atoms with Crippen LogP contribution in [0.15, 0.2) is 12.1 Å². The van der Waals surface area contributed by atoms with Crippen molar-refractivity contribution in [1.29, 1.82) is 0 Å². The van der Waals surface area contributed by atoms with Crippen LogP contribution in [0.25, 0.3) is 0 Å². The Morgan fingerprint density at radius 3 is 2.72 bits per heavy atom. The van der Waals surface area contributed by atoms with E-state index < -0.39 is 4.92 Å². The van der Waals surface area contributed by atoms with E-state index in [-0.39, 0.29) is 17.1 Å². The van der Waals surface area contributed by atoms with Gasteiger partial charge in [0.05, 0.1) is 7.05 Å². The van der Waals surface area contributed by atoms with E-state index in [0.717, 1.165) is 18.2 Å². The van der Waals surface area contributed by atoms with Gasteiger partial charge in [-0.3, -0.25) is 4.79 Å². The molecule has 0 bridgehead atoms. The van der Waals surface area contributed by atoms with Gasteiger partial charge in [0.1, 0.15) is 0 Å². The molecule has 0 saturated heterocycles. The molecule has 6 nitrogen and oxygen atoms in total. The molecule has 0 radical (unpaired) electrons. The van der Waals surface area contributed by atoms with Crippen LogP contribution in [-0.2, 0) is 7.05 Å². The topological polar surface area (TPSA) is 77.2 Å². The van der Waals surface area contributed by atoms with Crippen molar-refractivity contribution >= 4 is 27.7 Å². The highest BCUT2D eigenvalue weighted by molar-refractivity contribution is 9.09. The molecule has 1 amide bonds. The van der Waals surface area contributed by atoms with Crippen molar-refractivity contribution in [2.24, 2.45) is 12.5 Å². The zero-order chi connectivity index (χ0) is 13.3. The highest BCUT2D eigenvalue weighted by Crippen LogP contribution is 2.46. The van der Waals surface area contributed by atoms with Gasteiger partial charge in [-0.1, -0.05) is 15.9 Å². The van der Waals surface area contributed by atoms with Gasteiger partial charge in [0.15, 0.2) is 5.69 Å². The Kier molecular flexibility index (Phi) is 3.43. The molecule has 1 aliphatic rings. The van der Waals surface area contributed by atoms with Gasteiger partial charge in [0.25, 0.3) is 5.91 Å². The lowest BCUT2D eigenvalue weighted by atomic mass is 10.1. The van der Waals surface area contributed by atoms with E-state index >= 15 is 0 Å². The lowest BCUT2D eigenvalue weighted by molar-refractivity contribution is -0.391. The minimum absolute atomic E-state index is 0.0817. The van der Waals surface area contributed by atoms with Gasteiger partial charge in [-0.2, -0.15) is 0 Å². The summed E-state index contributed by atoms with van der Waals surface area (Å²) in [5.41, 5.74) is 0.499. The Morgan fingerprint density at radius 1 is 1.61 bits per heavy atom. The molecule has 0 unspecified atom stereocenters. The molecular formula is C11H14BrN3O3. The van der Waals surface area contributed by atoms with Crippen molar-refractivity contribution in [1.82, 2.24) is 9.88 Å². The molecule has 0 aromatic carbocycles. The largest absolute Gasteiger partial charge is 0.358 e. The van der Waals surface area contributed by atoms with Crippen LogP contribution < -0.4 is 5.32 Å². The number of carbonyl (C=O) groups excluding carboxylic acids is 1. The Morgan fingerprint density at radius 2 is 2.28 bits per heavy atom. The van der Waals surface area contributed by atoms with E-state index in [2.05, 4.69) is 21.2 Å². The zero-order valence-corrected chi connectivity index (χ0v) is 11.6. The fraction of sp³-hybridized carbons (Fsp3) is 0.545. The average Bonchev–Trinajstić information content (AvgIpc) is 3.02. The van der Waals surface area contributed by atoms with E-state index in [1.54, 1.807) is 0 Å². The van der Waals surface area contributed by atoms with Gasteiger partial charge in [-0.15, -0.1) is 0 Å². The van der Waals surface area contributed by atoms with Crippen LogP contribution in [0.4, 0.5) is 5.82 Å². The first-order valence-electron chi connectivity index (χ1n) is 5.63. The molecular weight excluding hydrogens is 302 g/mol. The first-order valence-corrected chi connectivity index (χ1v) is 6.75. The molecule has 0 spiro atoms. The Hall–Kier alpha value is -1.37. The number of halogens is 1. The summed E-state index contributed by atoms with van der Waals surface area (Å²) < 4.78 is 1.29. The fourth-order valence-electron chi connectivity index (χ4n) is 1.80. The SMILES string of the molecule is Cn1c(C(=O)NCC2(CBr)CC2)ccc1[N+](=O)[O-]. The molecule has 7 heteroatoms. The third-order valence-corrected chi connectivity index (χ3v) is 4.57. The van der Waals surface area contributed by atoms with Crippen LogP contribution in [-0.4, -0.2) is 27.3 Å². The van der Waals surface area contributed by atoms with Crippen LogP contribution in [0.5, 0.6) is 0 Å². The highest BCUT2D eigenvalue weighted by Gasteiger charge is 2.41. The minimum atomic E-state index is -0.502. The molecule has 1 N–H and O–H groups in total. The van der Waals surface area contributed by atoms with Crippen molar-refractivity contribution in [3.63, 3.8) is 0 Å². The quantitative estimate of drug-likeness (QED) is 0.511. The van der Waals surface area contributed by atoms with Crippen LogP contribution in [0, 0.1) is 15.5 Å². The van der Waals surface area contributed by atoms with E-state index in [4.69, 9.17) is 0 Å². The normalized spacial score (nSPS) is 16.3. The van der Waals surface area contributed by atoms with Crippen LogP contribution in [0.2, 0.25) is 0 Å². The summed E-state index contributed by atoms with van der Waals surface area (Å²) in [7, 11) is 1.52. The molecule has 0 aliphatic heterocycles. The molecule has 1 saturated carbocycles. The standard InChI is InChI=1S/C11H14BrN3O3/c1-14-8(2-3-9(14)15(17)18)10(16)13-7-11(6-12)4-5-11/h2-3H,4-7H2,1H3,(H,13,16). The number of aromatic nitrogens is 1. The number of nitrogens with zero attached hydrogens (tertiary/aromatic N) is 2. The predicted molar refractivity (Wildman–Crippen MR) is 69.9 cm³/mol. The summed E-state index contributed by atoms with van der Waals surface area (Å²) in [4.78, 5) is 22.1. The number of carbonyl (C=O) groups is 1. The second-order valence-corrected chi connectivity index (χ2v) is 5.27. The Balaban J connectivity index is 2.03. The number of rotatable bonds is 5. The van der Waals surface area contributed by atoms with Crippen molar-refractivity contribution in [2.75, 3.05) is 11.9 Å². The maximum Gasteiger partial charge on any atom is 0.323 e. The van der Waals surface area contributed by atoms with Gasteiger partial charge < -0.3 is 15.4 Å². The van der Waals surface area contributed by atoms with Gasteiger partial charge >= 0.3 is 5.82 Å². The number of hydrogen-bond acceptors (Lipinski definition) is 3. The van der Waals surface area contributed by atoms with E-state index in [1.165, 1.54) is 23.7 Å². The summed E-state index contributed by atoms with van der Waals surface area (Å²) >= 11 is 3.43. The average molecular weight is 316 g/mol. The van der Waals surface area contributed by atoms with Gasteiger partial charge in [-0.25, -0.2) is 4.57 Å². The smallest absolute Gasteiger partial charge is 0.323 e. The predicted octanol–water partition coefficient (Wildman–Crippen LogP) is 1.84. The van der Waals surface area contributed by atoms with Crippen LogP contribution >= 0.6 is 15.9 Å². The molecule has 98 valence electrons. The molecule has 1 fully saturated rings. The molecule has 1 aromatic heterocycles. The summed E-state index contributed by atoms with van der Waals surface area (Å²) in [5.74, 6) is -0.348. The van der Waals surface area contributed by atoms with Crippen molar-refractivity contribution in [3.05, 3.63) is 27.9 Å². The zero-order valence-electron chi connectivity index (χ0n) is 9.98. The Bertz CT molecular complexity index is 494. The van der Waals surface area contributed by atoms with Crippen molar-refractivity contribution in [3.8, 4) is 0 Å². The number of hydrogen-bond donors (Lipinski definition) is 1. The van der Waals surface area contributed by atoms with Crippen LogP contribution in [0.1, 0.15) is 23.3 Å². The van der Waals surface area contributed by atoms with Gasteiger partial charge in [0.2, 0.25) is 0 Å². The van der Waals surface area contributed by atoms with E-state index in [9.17, 15) is 14.9 Å². The van der Waals surface area contributed by atoms with E-state index in [1.807, 2.05) is 0 Å². The van der Waals surface area contributed by atoms with Crippen molar-refractivity contribution < 1.29 is 9.72 Å². The number of alkyl halides is 1. The monoisotopic (exact) mass is 315 g/mol. The molecule has 2 rings (SSSR count). The molecule has 1 aliphatic carbocycles. The molecule has 1 heterocycles. The maximum absolute atomic E-state index is 11.9. The Labute approximate surface area is 113 Å². The summed E-state index contributed by atoms with van der Waals surface area (Å²) in [5, 5.41) is 14.4. The summed E-state index contributed by atoms with van der Waals surface area (Å²) in [6, 6.07) is 2.81. The number of amides is 1. The highest BCUT2D eigenvalue weighted by atomic mass is 79.9. The summed E-state index contributed by atoms with van der Waals surface area (Å²) in [6.07, 6.45) is 2.21.